The van der Waals surface area contributed by atoms with Crippen LogP contribution >= 0.6 is 11.8 Å². The molecule has 0 amide bonds. The van der Waals surface area contributed by atoms with E-state index >= 15 is 0 Å². The fraction of sp³-hybridized carbons (Fsp3) is 1.00. The van der Waals surface area contributed by atoms with Crippen molar-refractivity contribution in [1.82, 2.24) is 0 Å². The molecule has 0 aliphatic rings. The molecule has 1 unspecified atom stereocenters. The van der Waals surface area contributed by atoms with Gasteiger partial charge in [-0.25, -0.2) is 0 Å². The molecule has 0 saturated carbocycles. The number of aliphatic hydroxyl groups excluding tert-OH is 1. The largest absolute Gasteiger partial charge is 0.395 e. The molecule has 74 valence electrons. The van der Waals surface area contributed by atoms with Crippen LogP contribution in [-0.2, 0) is 0 Å². The van der Waals surface area contributed by atoms with Gasteiger partial charge in [0.05, 0.1) is 6.61 Å². The minimum atomic E-state index is -0.0105. The molecule has 0 aromatic carbocycles. The molecule has 0 fully saturated rings. The quantitative estimate of drug-likeness (QED) is 0.573. The van der Waals surface area contributed by atoms with Crippen molar-refractivity contribution in [3.05, 3.63) is 0 Å². The maximum absolute atomic E-state index is 8.64. The van der Waals surface area contributed by atoms with Gasteiger partial charge in [-0.15, -0.1) is 0 Å². The molecule has 0 aromatic rings. The predicted octanol–water partition coefficient (Wildman–Crippen LogP) is 1.62. The Bertz CT molecular complexity index is 90.6. The average Bonchev–Trinajstić information content (AvgIpc) is 2.10. The summed E-state index contributed by atoms with van der Waals surface area (Å²) in [7, 11) is 0. The van der Waals surface area contributed by atoms with Crippen LogP contribution < -0.4 is 5.73 Å². The van der Waals surface area contributed by atoms with Crippen molar-refractivity contribution >= 4 is 11.8 Å². The number of hydrogen-bond acceptors (Lipinski definition) is 3. The van der Waals surface area contributed by atoms with Crippen LogP contribution in [-0.4, -0.2) is 29.3 Å². The number of thioether (sulfide) groups is 1. The molecule has 0 radical (unpaired) electrons. The Labute approximate surface area is 79.9 Å². The van der Waals surface area contributed by atoms with E-state index in [4.69, 9.17) is 10.8 Å². The summed E-state index contributed by atoms with van der Waals surface area (Å²) < 4.78 is 0. The van der Waals surface area contributed by atoms with Crippen LogP contribution in [0.5, 0.6) is 0 Å². The summed E-state index contributed by atoms with van der Waals surface area (Å²) in [6.07, 6.45) is 4.87. The molecule has 0 aromatic heterocycles. The second-order valence-electron chi connectivity index (χ2n) is 3.05. The van der Waals surface area contributed by atoms with E-state index in [0.29, 0.717) is 0 Å². The highest BCUT2D eigenvalue weighted by Gasteiger charge is 1.98. The van der Waals surface area contributed by atoms with E-state index in [9.17, 15) is 0 Å². The standard InChI is InChI=1S/C9H21NOS/c1-2-3-4-6-12-7-5-9(10)8-11/h9,11H,2-8,10H2,1H3. The lowest BCUT2D eigenvalue weighted by Gasteiger charge is -2.06. The monoisotopic (exact) mass is 191 g/mol. The van der Waals surface area contributed by atoms with Gasteiger partial charge in [0, 0.05) is 6.04 Å². The van der Waals surface area contributed by atoms with Crippen LogP contribution in [0.15, 0.2) is 0 Å². The summed E-state index contributed by atoms with van der Waals surface area (Å²) in [5.74, 6) is 2.33. The zero-order chi connectivity index (χ0) is 9.23. The van der Waals surface area contributed by atoms with Gasteiger partial charge in [-0.3, -0.25) is 0 Å². The Kier molecular flexibility index (Phi) is 9.57. The second-order valence-corrected chi connectivity index (χ2v) is 4.28. The molecule has 0 rings (SSSR count). The molecule has 0 spiro atoms. The first-order chi connectivity index (χ1) is 5.81. The number of aliphatic hydroxyl groups is 1. The lowest BCUT2D eigenvalue weighted by molar-refractivity contribution is 0.264. The first-order valence-electron chi connectivity index (χ1n) is 4.75. The highest BCUT2D eigenvalue weighted by Crippen LogP contribution is 2.08. The lowest BCUT2D eigenvalue weighted by Crippen LogP contribution is -2.24. The summed E-state index contributed by atoms with van der Waals surface area (Å²) in [5, 5.41) is 8.64. The summed E-state index contributed by atoms with van der Waals surface area (Å²) in [6.45, 7) is 2.34. The average molecular weight is 191 g/mol. The van der Waals surface area contributed by atoms with Crippen molar-refractivity contribution in [2.24, 2.45) is 5.73 Å². The number of nitrogens with two attached hydrogens (primary N) is 1. The zero-order valence-electron chi connectivity index (χ0n) is 7.96. The molecule has 0 bridgehead atoms. The molecular weight excluding hydrogens is 170 g/mol. The van der Waals surface area contributed by atoms with E-state index in [0.717, 1.165) is 12.2 Å². The molecule has 0 heterocycles. The van der Waals surface area contributed by atoms with Crippen LogP contribution in [0.25, 0.3) is 0 Å². The number of hydrogen-bond donors (Lipinski definition) is 2. The van der Waals surface area contributed by atoms with Crippen molar-refractivity contribution in [2.75, 3.05) is 18.1 Å². The Morgan fingerprint density at radius 2 is 2.08 bits per heavy atom. The predicted molar refractivity (Wildman–Crippen MR) is 56.5 cm³/mol. The van der Waals surface area contributed by atoms with Gasteiger partial charge in [0.15, 0.2) is 0 Å². The van der Waals surface area contributed by atoms with Gasteiger partial charge in [0.25, 0.3) is 0 Å². The third-order valence-corrected chi connectivity index (χ3v) is 2.86. The van der Waals surface area contributed by atoms with Gasteiger partial charge in [-0.1, -0.05) is 19.8 Å². The van der Waals surface area contributed by atoms with Crippen LogP contribution in [0.1, 0.15) is 32.6 Å². The van der Waals surface area contributed by atoms with Crippen molar-refractivity contribution < 1.29 is 5.11 Å². The fourth-order valence-electron chi connectivity index (χ4n) is 0.882. The Morgan fingerprint density at radius 3 is 2.67 bits per heavy atom. The maximum Gasteiger partial charge on any atom is 0.0582 e. The van der Waals surface area contributed by atoms with Gasteiger partial charge in [-0.05, 0) is 24.3 Å². The van der Waals surface area contributed by atoms with E-state index in [1.165, 1.54) is 25.0 Å². The molecule has 3 heteroatoms. The van der Waals surface area contributed by atoms with Gasteiger partial charge >= 0.3 is 0 Å². The van der Waals surface area contributed by atoms with Crippen molar-refractivity contribution in [3.8, 4) is 0 Å². The third kappa shape index (κ3) is 8.37. The Hall–Kier alpha value is 0.270. The van der Waals surface area contributed by atoms with Gasteiger partial charge in [0.1, 0.15) is 0 Å². The topological polar surface area (TPSA) is 46.2 Å². The van der Waals surface area contributed by atoms with Crippen molar-refractivity contribution in [3.63, 3.8) is 0 Å². The van der Waals surface area contributed by atoms with E-state index in [-0.39, 0.29) is 12.6 Å². The zero-order valence-corrected chi connectivity index (χ0v) is 8.78. The van der Waals surface area contributed by atoms with Crippen LogP contribution in [0.4, 0.5) is 0 Å². The number of rotatable bonds is 8. The third-order valence-electron chi connectivity index (χ3n) is 1.76. The fourth-order valence-corrected chi connectivity index (χ4v) is 1.96. The Balaban J connectivity index is 2.90. The molecule has 0 saturated heterocycles. The van der Waals surface area contributed by atoms with E-state index in [2.05, 4.69) is 6.92 Å². The van der Waals surface area contributed by atoms with E-state index < -0.39 is 0 Å². The second kappa shape index (κ2) is 9.36. The molecule has 3 N–H and O–H groups in total. The number of unbranched alkanes of at least 4 members (excludes halogenated alkanes) is 2. The van der Waals surface area contributed by atoms with Gasteiger partial charge in [0.2, 0.25) is 0 Å². The summed E-state index contributed by atoms with van der Waals surface area (Å²) in [5.41, 5.74) is 5.55. The molecule has 12 heavy (non-hydrogen) atoms. The van der Waals surface area contributed by atoms with Crippen LogP contribution in [0, 0.1) is 0 Å². The maximum atomic E-state index is 8.64. The van der Waals surface area contributed by atoms with Crippen LogP contribution in [0.3, 0.4) is 0 Å². The molecule has 2 nitrogen and oxygen atoms in total. The molecule has 1 atom stereocenters. The summed E-state index contributed by atoms with van der Waals surface area (Å²) >= 11 is 1.95. The van der Waals surface area contributed by atoms with E-state index in [1.807, 2.05) is 11.8 Å². The molecule has 0 aliphatic heterocycles. The Morgan fingerprint density at radius 1 is 1.33 bits per heavy atom. The highest BCUT2D eigenvalue weighted by molar-refractivity contribution is 7.99. The highest BCUT2D eigenvalue weighted by atomic mass is 32.2. The first-order valence-corrected chi connectivity index (χ1v) is 5.91. The van der Waals surface area contributed by atoms with E-state index in [1.54, 1.807) is 0 Å². The minimum absolute atomic E-state index is 0.0105. The van der Waals surface area contributed by atoms with Crippen LogP contribution in [0.2, 0.25) is 0 Å². The SMILES string of the molecule is CCCCCSCCC(N)CO. The normalized spacial score (nSPS) is 13.2. The summed E-state index contributed by atoms with van der Waals surface area (Å²) in [6, 6.07) is -0.0105. The molecule has 0 aliphatic carbocycles. The molecular formula is C9H21NOS. The summed E-state index contributed by atoms with van der Waals surface area (Å²) in [4.78, 5) is 0. The van der Waals surface area contributed by atoms with Crippen molar-refractivity contribution in [2.45, 2.75) is 38.6 Å². The minimum Gasteiger partial charge on any atom is -0.395 e. The van der Waals surface area contributed by atoms with Gasteiger partial charge < -0.3 is 10.8 Å². The van der Waals surface area contributed by atoms with Gasteiger partial charge in [-0.2, -0.15) is 11.8 Å². The van der Waals surface area contributed by atoms with Crippen molar-refractivity contribution in [1.29, 1.82) is 0 Å². The first kappa shape index (κ1) is 12.3. The smallest absolute Gasteiger partial charge is 0.0582 e. The lowest BCUT2D eigenvalue weighted by atomic mass is 10.3.